The van der Waals surface area contributed by atoms with E-state index in [0.29, 0.717) is 12.5 Å². The average molecular weight is 177 g/mol. The Balaban J connectivity index is 1.78. The van der Waals surface area contributed by atoms with Crippen LogP contribution in [0.5, 0.6) is 5.75 Å². The van der Waals surface area contributed by atoms with E-state index in [9.17, 15) is 0 Å². The Morgan fingerprint density at radius 2 is 2.00 bits per heavy atom. The van der Waals surface area contributed by atoms with Gasteiger partial charge in [-0.15, -0.1) is 0 Å². The van der Waals surface area contributed by atoms with Gasteiger partial charge in [-0.25, -0.2) is 0 Å². The van der Waals surface area contributed by atoms with Gasteiger partial charge in [0, 0.05) is 6.04 Å². The molecule has 0 amide bonds. The van der Waals surface area contributed by atoms with Gasteiger partial charge in [-0.2, -0.15) is 0 Å². The topological polar surface area (TPSA) is 35.2 Å². The molecule has 0 aromatic heterocycles. The summed E-state index contributed by atoms with van der Waals surface area (Å²) in [6.45, 7) is 0.648. The average Bonchev–Trinajstić information content (AvgIpc) is 2.99. The maximum absolute atomic E-state index is 5.90. The van der Waals surface area contributed by atoms with Crippen LogP contribution in [0.25, 0.3) is 0 Å². The van der Waals surface area contributed by atoms with E-state index in [1.807, 2.05) is 30.3 Å². The molecule has 0 bridgehead atoms. The molecule has 0 saturated heterocycles. The minimum atomic E-state index is 0.222. The van der Waals surface area contributed by atoms with Crippen LogP contribution >= 0.6 is 0 Å². The van der Waals surface area contributed by atoms with E-state index >= 15 is 0 Å². The van der Waals surface area contributed by atoms with Crippen molar-refractivity contribution in [3.8, 4) is 5.75 Å². The van der Waals surface area contributed by atoms with Gasteiger partial charge in [-0.3, -0.25) is 0 Å². The van der Waals surface area contributed by atoms with Crippen LogP contribution in [0.4, 0.5) is 0 Å². The smallest absolute Gasteiger partial charge is 0.119 e. The van der Waals surface area contributed by atoms with Crippen molar-refractivity contribution in [3.63, 3.8) is 0 Å². The van der Waals surface area contributed by atoms with E-state index in [2.05, 4.69) is 0 Å². The summed E-state index contributed by atoms with van der Waals surface area (Å²) in [4.78, 5) is 0. The van der Waals surface area contributed by atoms with Crippen molar-refractivity contribution >= 4 is 0 Å². The molecule has 1 saturated carbocycles. The number of ether oxygens (including phenoxy) is 1. The third-order valence-corrected chi connectivity index (χ3v) is 2.41. The van der Waals surface area contributed by atoms with Crippen molar-refractivity contribution in [1.82, 2.24) is 0 Å². The summed E-state index contributed by atoms with van der Waals surface area (Å²) in [5, 5.41) is 0. The molecular weight excluding hydrogens is 162 g/mol. The van der Waals surface area contributed by atoms with Gasteiger partial charge in [0.15, 0.2) is 0 Å². The summed E-state index contributed by atoms with van der Waals surface area (Å²) in [6, 6.07) is 10.1. The van der Waals surface area contributed by atoms with Crippen molar-refractivity contribution in [1.29, 1.82) is 0 Å². The molecule has 2 N–H and O–H groups in total. The van der Waals surface area contributed by atoms with Gasteiger partial charge in [0.25, 0.3) is 0 Å². The molecule has 1 unspecified atom stereocenters. The lowest BCUT2D eigenvalue weighted by atomic mass is 10.2. The van der Waals surface area contributed by atoms with Crippen molar-refractivity contribution in [2.45, 2.75) is 18.9 Å². The predicted octanol–water partition coefficient (Wildman–Crippen LogP) is 1.80. The van der Waals surface area contributed by atoms with Crippen molar-refractivity contribution < 1.29 is 4.74 Å². The predicted molar refractivity (Wildman–Crippen MR) is 52.6 cm³/mol. The molecule has 0 radical (unpaired) electrons. The molecule has 1 atom stereocenters. The molecule has 0 heterocycles. The number of rotatable bonds is 4. The molecule has 0 spiro atoms. The normalized spacial score (nSPS) is 18.2. The van der Waals surface area contributed by atoms with E-state index in [0.717, 1.165) is 5.75 Å². The first-order chi connectivity index (χ1) is 6.36. The third-order valence-electron chi connectivity index (χ3n) is 2.41. The number of hydrogen-bond donors (Lipinski definition) is 1. The SMILES string of the molecule is NC(COc1ccccc1)C1CC1. The minimum Gasteiger partial charge on any atom is -0.492 e. The highest BCUT2D eigenvalue weighted by atomic mass is 16.5. The minimum absolute atomic E-state index is 0.222. The van der Waals surface area contributed by atoms with Crippen molar-refractivity contribution in [2.75, 3.05) is 6.61 Å². The fraction of sp³-hybridized carbons (Fsp3) is 0.455. The highest BCUT2D eigenvalue weighted by molar-refractivity contribution is 5.20. The zero-order valence-electron chi connectivity index (χ0n) is 7.65. The Bertz CT molecular complexity index is 256. The summed E-state index contributed by atoms with van der Waals surface area (Å²) in [7, 11) is 0. The summed E-state index contributed by atoms with van der Waals surface area (Å²) in [5.74, 6) is 1.63. The molecule has 70 valence electrons. The van der Waals surface area contributed by atoms with Gasteiger partial charge in [0.1, 0.15) is 12.4 Å². The highest BCUT2D eigenvalue weighted by Gasteiger charge is 2.28. The first-order valence-corrected chi connectivity index (χ1v) is 4.79. The highest BCUT2D eigenvalue weighted by Crippen LogP contribution is 2.31. The summed E-state index contributed by atoms with van der Waals surface area (Å²) >= 11 is 0. The molecule has 2 rings (SSSR count). The van der Waals surface area contributed by atoms with E-state index in [-0.39, 0.29) is 6.04 Å². The zero-order chi connectivity index (χ0) is 9.10. The molecular formula is C11H15NO. The van der Waals surface area contributed by atoms with Gasteiger partial charge < -0.3 is 10.5 Å². The summed E-state index contributed by atoms with van der Waals surface area (Å²) in [6.07, 6.45) is 2.55. The van der Waals surface area contributed by atoms with Crippen LogP contribution in [-0.2, 0) is 0 Å². The second-order valence-corrected chi connectivity index (χ2v) is 3.63. The molecule has 2 nitrogen and oxygen atoms in total. The van der Waals surface area contributed by atoms with Crippen LogP contribution in [-0.4, -0.2) is 12.6 Å². The van der Waals surface area contributed by atoms with Crippen LogP contribution < -0.4 is 10.5 Å². The monoisotopic (exact) mass is 177 g/mol. The first kappa shape index (κ1) is 8.57. The second-order valence-electron chi connectivity index (χ2n) is 3.63. The lowest BCUT2D eigenvalue weighted by Crippen LogP contribution is -2.29. The Morgan fingerprint density at radius 1 is 1.31 bits per heavy atom. The van der Waals surface area contributed by atoms with E-state index < -0.39 is 0 Å². The summed E-state index contributed by atoms with van der Waals surface area (Å²) in [5.41, 5.74) is 5.90. The largest absolute Gasteiger partial charge is 0.492 e. The molecule has 1 aliphatic carbocycles. The van der Waals surface area contributed by atoms with E-state index in [1.165, 1.54) is 12.8 Å². The zero-order valence-corrected chi connectivity index (χ0v) is 7.65. The third kappa shape index (κ3) is 2.46. The Kier molecular flexibility index (Phi) is 2.50. The van der Waals surface area contributed by atoms with Gasteiger partial charge in [0.2, 0.25) is 0 Å². The Labute approximate surface area is 78.7 Å². The van der Waals surface area contributed by atoms with Crippen LogP contribution in [0.1, 0.15) is 12.8 Å². The van der Waals surface area contributed by atoms with Crippen molar-refractivity contribution in [2.24, 2.45) is 11.7 Å². The molecule has 1 fully saturated rings. The Hall–Kier alpha value is -1.02. The maximum atomic E-state index is 5.90. The van der Waals surface area contributed by atoms with E-state index in [1.54, 1.807) is 0 Å². The van der Waals surface area contributed by atoms with Gasteiger partial charge >= 0.3 is 0 Å². The number of para-hydroxylation sites is 1. The van der Waals surface area contributed by atoms with Crippen LogP contribution in [0.3, 0.4) is 0 Å². The number of nitrogens with two attached hydrogens (primary N) is 1. The summed E-state index contributed by atoms with van der Waals surface area (Å²) < 4.78 is 5.54. The molecule has 0 aliphatic heterocycles. The molecule has 1 aromatic carbocycles. The molecule has 13 heavy (non-hydrogen) atoms. The molecule has 2 heteroatoms. The van der Waals surface area contributed by atoms with Crippen LogP contribution in [0, 0.1) is 5.92 Å². The second kappa shape index (κ2) is 3.79. The maximum Gasteiger partial charge on any atom is 0.119 e. The van der Waals surface area contributed by atoms with Gasteiger partial charge in [-0.1, -0.05) is 18.2 Å². The standard InChI is InChI=1S/C11H15NO/c12-11(9-6-7-9)8-13-10-4-2-1-3-5-10/h1-5,9,11H,6-8,12H2. The number of benzene rings is 1. The lowest BCUT2D eigenvalue weighted by molar-refractivity contribution is 0.276. The first-order valence-electron chi connectivity index (χ1n) is 4.79. The quantitative estimate of drug-likeness (QED) is 0.761. The van der Waals surface area contributed by atoms with Crippen molar-refractivity contribution in [3.05, 3.63) is 30.3 Å². The van der Waals surface area contributed by atoms with Crippen LogP contribution in [0.15, 0.2) is 30.3 Å². The fourth-order valence-corrected chi connectivity index (χ4v) is 1.37. The van der Waals surface area contributed by atoms with E-state index in [4.69, 9.17) is 10.5 Å². The molecule has 1 aromatic rings. The fourth-order valence-electron chi connectivity index (χ4n) is 1.37. The lowest BCUT2D eigenvalue weighted by Gasteiger charge is -2.11. The van der Waals surface area contributed by atoms with Gasteiger partial charge in [-0.05, 0) is 30.9 Å². The van der Waals surface area contributed by atoms with Gasteiger partial charge in [0.05, 0.1) is 0 Å². The van der Waals surface area contributed by atoms with Crippen LogP contribution in [0.2, 0.25) is 0 Å². The Morgan fingerprint density at radius 3 is 2.62 bits per heavy atom. The number of hydrogen-bond acceptors (Lipinski definition) is 2. The molecule has 1 aliphatic rings.